The standard InChI is InChI=1S/C21H20I2N2O2/c1-13(2)25-21(26)17(11-24)8-16-9-18(22)20(19(23)10-16)27-12-15-6-4-14(3)5-7-15/h4-10,13H,12H2,1-3H3,(H,25,26)/b17-8-. The van der Waals surface area contributed by atoms with Crippen molar-refractivity contribution in [1.29, 1.82) is 5.26 Å². The number of nitriles is 1. The fourth-order valence-corrected chi connectivity index (χ4v) is 4.42. The summed E-state index contributed by atoms with van der Waals surface area (Å²) in [5, 5.41) is 12.0. The van der Waals surface area contributed by atoms with E-state index in [1.54, 1.807) is 6.08 Å². The Morgan fingerprint density at radius 1 is 1.22 bits per heavy atom. The molecule has 0 aromatic heterocycles. The molecular formula is C21H20I2N2O2. The van der Waals surface area contributed by atoms with E-state index in [-0.39, 0.29) is 17.5 Å². The molecule has 4 nitrogen and oxygen atoms in total. The Labute approximate surface area is 187 Å². The highest BCUT2D eigenvalue weighted by atomic mass is 127. The van der Waals surface area contributed by atoms with Crippen LogP contribution >= 0.6 is 45.2 Å². The second kappa shape index (κ2) is 10.1. The Hall–Kier alpha value is -1.60. The number of amides is 1. The van der Waals surface area contributed by atoms with Gasteiger partial charge in [0.1, 0.15) is 24.0 Å². The predicted octanol–water partition coefficient (Wildman–Crippen LogP) is 5.21. The topological polar surface area (TPSA) is 62.1 Å². The molecule has 2 rings (SSSR count). The number of carbonyl (C=O) groups is 1. The van der Waals surface area contributed by atoms with Crippen molar-refractivity contribution in [3.63, 3.8) is 0 Å². The Balaban J connectivity index is 2.20. The number of hydrogen-bond acceptors (Lipinski definition) is 3. The van der Waals surface area contributed by atoms with E-state index in [0.717, 1.165) is 24.0 Å². The first kappa shape index (κ1) is 21.7. The van der Waals surface area contributed by atoms with E-state index in [9.17, 15) is 10.1 Å². The summed E-state index contributed by atoms with van der Waals surface area (Å²) in [6.07, 6.45) is 1.60. The maximum absolute atomic E-state index is 12.1. The average Bonchev–Trinajstić information content (AvgIpc) is 2.59. The van der Waals surface area contributed by atoms with E-state index in [4.69, 9.17) is 4.74 Å². The zero-order chi connectivity index (χ0) is 20.0. The smallest absolute Gasteiger partial charge is 0.262 e. The van der Waals surface area contributed by atoms with Gasteiger partial charge in [0.15, 0.2) is 0 Å². The molecule has 1 amide bonds. The molecule has 0 saturated heterocycles. The average molecular weight is 586 g/mol. The Bertz CT molecular complexity index is 874. The van der Waals surface area contributed by atoms with Gasteiger partial charge in [-0.25, -0.2) is 0 Å². The van der Waals surface area contributed by atoms with Crippen LogP contribution in [0, 0.1) is 25.4 Å². The minimum absolute atomic E-state index is 0.0212. The maximum atomic E-state index is 12.1. The van der Waals surface area contributed by atoms with Crippen molar-refractivity contribution in [2.24, 2.45) is 0 Å². The van der Waals surface area contributed by atoms with Crippen LogP contribution in [-0.2, 0) is 11.4 Å². The minimum Gasteiger partial charge on any atom is -0.487 e. The van der Waals surface area contributed by atoms with E-state index in [0.29, 0.717) is 6.61 Å². The largest absolute Gasteiger partial charge is 0.487 e. The van der Waals surface area contributed by atoms with Gasteiger partial charge < -0.3 is 10.1 Å². The third kappa shape index (κ3) is 6.50. The summed E-state index contributed by atoms with van der Waals surface area (Å²) >= 11 is 4.43. The summed E-state index contributed by atoms with van der Waals surface area (Å²) in [5.41, 5.74) is 3.20. The zero-order valence-corrected chi connectivity index (χ0v) is 19.7. The van der Waals surface area contributed by atoms with Crippen molar-refractivity contribution >= 4 is 57.2 Å². The predicted molar refractivity (Wildman–Crippen MR) is 124 cm³/mol. The van der Waals surface area contributed by atoms with Crippen LogP contribution in [0.25, 0.3) is 6.08 Å². The summed E-state index contributed by atoms with van der Waals surface area (Å²) in [7, 11) is 0. The van der Waals surface area contributed by atoms with Gasteiger partial charge in [0.05, 0.1) is 7.14 Å². The molecule has 0 radical (unpaired) electrons. The summed E-state index contributed by atoms with van der Waals surface area (Å²) in [6.45, 7) is 6.26. The van der Waals surface area contributed by atoms with Gasteiger partial charge in [0.25, 0.3) is 5.91 Å². The molecular weight excluding hydrogens is 566 g/mol. The monoisotopic (exact) mass is 586 g/mol. The molecule has 0 atom stereocenters. The third-order valence-corrected chi connectivity index (χ3v) is 5.22. The van der Waals surface area contributed by atoms with Crippen molar-refractivity contribution < 1.29 is 9.53 Å². The number of nitrogens with one attached hydrogen (secondary N) is 1. The van der Waals surface area contributed by atoms with Crippen molar-refractivity contribution in [1.82, 2.24) is 5.32 Å². The molecule has 0 fully saturated rings. The molecule has 0 bridgehead atoms. The molecule has 0 spiro atoms. The molecule has 0 unspecified atom stereocenters. The van der Waals surface area contributed by atoms with Gasteiger partial charge >= 0.3 is 0 Å². The lowest BCUT2D eigenvalue weighted by atomic mass is 10.1. The molecule has 27 heavy (non-hydrogen) atoms. The van der Waals surface area contributed by atoms with E-state index < -0.39 is 0 Å². The lowest BCUT2D eigenvalue weighted by molar-refractivity contribution is -0.117. The summed E-state index contributed by atoms with van der Waals surface area (Å²) in [5.74, 6) is 0.441. The first-order valence-corrected chi connectivity index (χ1v) is 10.6. The Kier molecular flexibility index (Phi) is 8.10. The lowest BCUT2D eigenvalue weighted by Gasteiger charge is -2.12. The molecule has 140 valence electrons. The highest BCUT2D eigenvalue weighted by Crippen LogP contribution is 2.30. The Morgan fingerprint density at radius 2 is 1.81 bits per heavy atom. The molecule has 2 aromatic rings. The van der Waals surface area contributed by atoms with Crippen molar-refractivity contribution in [2.45, 2.75) is 33.4 Å². The van der Waals surface area contributed by atoms with E-state index in [2.05, 4.69) is 81.7 Å². The third-order valence-electron chi connectivity index (χ3n) is 3.62. The number of hydrogen-bond donors (Lipinski definition) is 1. The van der Waals surface area contributed by atoms with Gasteiger partial charge in [0, 0.05) is 6.04 Å². The van der Waals surface area contributed by atoms with Crippen LogP contribution in [-0.4, -0.2) is 11.9 Å². The van der Waals surface area contributed by atoms with Crippen molar-refractivity contribution in [3.05, 3.63) is 65.8 Å². The normalized spacial score (nSPS) is 11.2. The molecule has 2 aromatic carbocycles. The number of benzene rings is 2. The molecule has 6 heteroatoms. The number of ether oxygens (including phenoxy) is 1. The van der Waals surface area contributed by atoms with Crippen molar-refractivity contribution in [3.8, 4) is 11.8 Å². The van der Waals surface area contributed by atoms with Crippen LogP contribution in [0.15, 0.2) is 42.0 Å². The molecule has 0 aliphatic rings. The fourth-order valence-electron chi connectivity index (χ4n) is 2.30. The first-order chi connectivity index (χ1) is 12.8. The fraction of sp³-hybridized carbons (Fsp3) is 0.238. The number of rotatable bonds is 6. The van der Waals surface area contributed by atoms with E-state index >= 15 is 0 Å². The van der Waals surface area contributed by atoms with Gasteiger partial charge in [0.2, 0.25) is 0 Å². The summed E-state index contributed by atoms with van der Waals surface area (Å²) < 4.78 is 7.86. The summed E-state index contributed by atoms with van der Waals surface area (Å²) in [4.78, 5) is 12.1. The SMILES string of the molecule is Cc1ccc(COc2c(I)cc(/C=C(/C#N)C(=O)NC(C)C)cc2I)cc1. The van der Waals surface area contributed by atoms with E-state index in [1.807, 2.05) is 32.0 Å². The van der Waals surface area contributed by atoms with Gasteiger partial charge in [-0.3, -0.25) is 4.79 Å². The second-order valence-corrected chi connectivity index (χ2v) is 8.71. The minimum atomic E-state index is -0.364. The first-order valence-electron chi connectivity index (χ1n) is 8.40. The highest BCUT2D eigenvalue weighted by Gasteiger charge is 2.13. The van der Waals surface area contributed by atoms with Crippen LogP contribution in [0.4, 0.5) is 0 Å². The summed E-state index contributed by atoms with van der Waals surface area (Å²) in [6, 6.07) is 14.0. The quantitative estimate of drug-likeness (QED) is 0.287. The van der Waals surface area contributed by atoms with Gasteiger partial charge in [-0.05, 0) is 95.3 Å². The molecule has 0 aliphatic carbocycles. The number of aryl methyl sites for hydroxylation is 1. The van der Waals surface area contributed by atoms with Crippen LogP contribution in [0.3, 0.4) is 0 Å². The number of carbonyl (C=O) groups excluding carboxylic acids is 1. The Morgan fingerprint density at radius 3 is 2.33 bits per heavy atom. The number of halogens is 2. The number of nitrogens with zero attached hydrogens (tertiary/aromatic N) is 1. The van der Waals surface area contributed by atoms with Crippen LogP contribution in [0.5, 0.6) is 5.75 Å². The van der Waals surface area contributed by atoms with Crippen molar-refractivity contribution in [2.75, 3.05) is 0 Å². The van der Waals surface area contributed by atoms with Crippen LogP contribution in [0.1, 0.15) is 30.5 Å². The van der Waals surface area contributed by atoms with Gasteiger partial charge in [-0.15, -0.1) is 0 Å². The van der Waals surface area contributed by atoms with Gasteiger partial charge in [-0.2, -0.15) is 5.26 Å². The van der Waals surface area contributed by atoms with Crippen LogP contribution < -0.4 is 10.1 Å². The molecule has 0 heterocycles. The molecule has 1 N–H and O–H groups in total. The molecule has 0 saturated carbocycles. The maximum Gasteiger partial charge on any atom is 0.262 e. The van der Waals surface area contributed by atoms with Gasteiger partial charge in [-0.1, -0.05) is 29.8 Å². The zero-order valence-electron chi connectivity index (χ0n) is 15.3. The van der Waals surface area contributed by atoms with Crippen LogP contribution in [0.2, 0.25) is 0 Å². The lowest BCUT2D eigenvalue weighted by Crippen LogP contribution is -2.30. The molecule has 0 aliphatic heterocycles. The van der Waals surface area contributed by atoms with E-state index in [1.165, 1.54) is 5.56 Å². The second-order valence-electron chi connectivity index (χ2n) is 6.39. The highest BCUT2D eigenvalue weighted by molar-refractivity contribution is 14.1.